The van der Waals surface area contributed by atoms with E-state index in [1.54, 1.807) is 11.8 Å². The van der Waals surface area contributed by atoms with Crippen LogP contribution in [0.2, 0.25) is 0 Å². The van der Waals surface area contributed by atoms with Crippen LogP contribution < -0.4 is 5.32 Å². The zero-order valence-electron chi connectivity index (χ0n) is 8.38. The van der Waals surface area contributed by atoms with Crippen LogP contribution in [0.4, 0.5) is 0 Å². The Labute approximate surface area is 84.2 Å². The van der Waals surface area contributed by atoms with Crippen molar-refractivity contribution in [2.75, 3.05) is 32.1 Å². The average Bonchev–Trinajstić information content (AvgIpc) is 2.52. The maximum Gasteiger partial charge on any atom is 0.237 e. The first-order valence-electron chi connectivity index (χ1n) is 4.72. The van der Waals surface area contributed by atoms with Gasteiger partial charge < -0.3 is 5.32 Å². The molecule has 4 heteroatoms. The molecular formula is C9H18N2OS. The summed E-state index contributed by atoms with van der Waals surface area (Å²) in [6, 6.07) is 0.127. The van der Waals surface area contributed by atoms with Crippen LogP contribution in [0.1, 0.15) is 12.8 Å². The first-order valence-corrected chi connectivity index (χ1v) is 6.12. The van der Waals surface area contributed by atoms with E-state index in [-0.39, 0.29) is 11.9 Å². The predicted octanol–water partition coefficient (Wildman–Crippen LogP) is 0.560. The van der Waals surface area contributed by atoms with Gasteiger partial charge in [-0.2, -0.15) is 11.8 Å². The van der Waals surface area contributed by atoms with Crippen molar-refractivity contribution in [1.29, 1.82) is 0 Å². The van der Waals surface area contributed by atoms with E-state index >= 15 is 0 Å². The molecule has 1 aliphatic heterocycles. The predicted molar refractivity (Wildman–Crippen MR) is 57.0 cm³/mol. The van der Waals surface area contributed by atoms with Crippen molar-refractivity contribution in [3.05, 3.63) is 0 Å². The number of thioether (sulfide) groups is 1. The molecule has 1 fully saturated rings. The van der Waals surface area contributed by atoms with Crippen LogP contribution in [0, 0.1) is 0 Å². The van der Waals surface area contributed by atoms with Gasteiger partial charge in [-0.3, -0.25) is 9.69 Å². The van der Waals surface area contributed by atoms with Gasteiger partial charge in [0.1, 0.15) is 0 Å². The molecule has 0 aliphatic carbocycles. The second kappa shape index (κ2) is 5.50. The zero-order valence-corrected chi connectivity index (χ0v) is 9.19. The van der Waals surface area contributed by atoms with Gasteiger partial charge >= 0.3 is 0 Å². The third-order valence-corrected chi connectivity index (χ3v) is 3.04. The Balaban J connectivity index is 2.22. The Morgan fingerprint density at radius 3 is 3.00 bits per heavy atom. The van der Waals surface area contributed by atoms with Crippen molar-refractivity contribution >= 4 is 17.7 Å². The summed E-state index contributed by atoms with van der Waals surface area (Å²) in [5.74, 6) is 1.20. The Morgan fingerprint density at radius 2 is 2.46 bits per heavy atom. The molecule has 1 atom stereocenters. The highest BCUT2D eigenvalue weighted by Gasteiger charge is 2.26. The minimum Gasteiger partial charge on any atom is -0.354 e. The molecule has 0 aromatic heterocycles. The number of carbonyl (C=O) groups is 1. The fourth-order valence-electron chi connectivity index (χ4n) is 1.64. The van der Waals surface area contributed by atoms with Gasteiger partial charge in [0.2, 0.25) is 5.91 Å². The van der Waals surface area contributed by atoms with E-state index in [9.17, 15) is 4.79 Å². The minimum absolute atomic E-state index is 0.127. The van der Waals surface area contributed by atoms with Crippen LogP contribution in [0.25, 0.3) is 0 Å². The molecule has 0 aromatic carbocycles. The summed E-state index contributed by atoms with van der Waals surface area (Å²) in [4.78, 5) is 13.7. The monoisotopic (exact) mass is 202 g/mol. The molecule has 0 saturated carbocycles. The molecule has 76 valence electrons. The van der Waals surface area contributed by atoms with Crippen LogP contribution in [0.15, 0.2) is 0 Å². The fourth-order valence-corrected chi connectivity index (χ4v) is 1.94. The second-order valence-electron chi connectivity index (χ2n) is 3.42. The van der Waals surface area contributed by atoms with Crippen molar-refractivity contribution in [2.24, 2.45) is 0 Å². The number of nitrogens with one attached hydrogen (secondary N) is 1. The van der Waals surface area contributed by atoms with E-state index in [4.69, 9.17) is 0 Å². The lowest BCUT2D eigenvalue weighted by molar-refractivity contribution is -0.124. The summed E-state index contributed by atoms with van der Waals surface area (Å²) in [7, 11) is 2.02. The third-order valence-electron chi connectivity index (χ3n) is 2.43. The highest BCUT2D eigenvalue weighted by Crippen LogP contribution is 2.14. The molecule has 0 radical (unpaired) electrons. The lowest BCUT2D eigenvalue weighted by atomic mass is 10.2. The molecule has 1 amide bonds. The third kappa shape index (κ3) is 3.19. The highest BCUT2D eigenvalue weighted by atomic mass is 32.2. The van der Waals surface area contributed by atoms with Gasteiger partial charge in [0.25, 0.3) is 0 Å². The van der Waals surface area contributed by atoms with Gasteiger partial charge in [0, 0.05) is 12.3 Å². The summed E-state index contributed by atoms with van der Waals surface area (Å²) in [6.45, 7) is 1.85. The van der Waals surface area contributed by atoms with Crippen molar-refractivity contribution in [1.82, 2.24) is 10.2 Å². The maximum atomic E-state index is 11.6. The van der Waals surface area contributed by atoms with Gasteiger partial charge in [-0.15, -0.1) is 0 Å². The van der Waals surface area contributed by atoms with Crippen LogP contribution >= 0.6 is 11.8 Å². The molecule has 1 aliphatic rings. The van der Waals surface area contributed by atoms with E-state index < -0.39 is 0 Å². The molecule has 0 aromatic rings. The zero-order chi connectivity index (χ0) is 9.68. The number of amides is 1. The minimum atomic E-state index is 0.127. The van der Waals surface area contributed by atoms with E-state index in [1.807, 2.05) is 13.3 Å². The lowest BCUT2D eigenvalue weighted by Crippen LogP contribution is -2.42. The Hall–Kier alpha value is -0.220. The largest absolute Gasteiger partial charge is 0.354 e. The van der Waals surface area contributed by atoms with Crippen molar-refractivity contribution in [3.63, 3.8) is 0 Å². The van der Waals surface area contributed by atoms with Crippen molar-refractivity contribution in [3.8, 4) is 0 Å². The number of nitrogens with zero attached hydrogens (tertiary/aromatic N) is 1. The lowest BCUT2D eigenvalue weighted by Gasteiger charge is -2.18. The van der Waals surface area contributed by atoms with Gasteiger partial charge in [-0.1, -0.05) is 0 Å². The molecular weight excluding hydrogens is 184 g/mol. The van der Waals surface area contributed by atoms with Crippen LogP contribution in [0.5, 0.6) is 0 Å². The molecule has 3 nitrogen and oxygen atoms in total. The maximum absolute atomic E-state index is 11.6. The fraction of sp³-hybridized carbons (Fsp3) is 0.889. The molecule has 1 heterocycles. The molecule has 1 N–H and O–H groups in total. The summed E-state index contributed by atoms with van der Waals surface area (Å²) >= 11 is 1.76. The van der Waals surface area contributed by atoms with Gasteiger partial charge in [0.05, 0.1) is 6.04 Å². The van der Waals surface area contributed by atoms with Crippen molar-refractivity contribution in [2.45, 2.75) is 18.9 Å². The van der Waals surface area contributed by atoms with E-state index in [1.165, 1.54) is 0 Å². The van der Waals surface area contributed by atoms with Crippen LogP contribution in [0.3, 0.4) is 0 Å². The van der Waals surface area contributed by atoms with Gasteiger partial charge in [-0.05, 0) is 32.7 Å². The van der Waals surface area contributed by atoms with Crippen LogP contribution in [-0.2, 0) is 4.79 Å². The number of likely N-dealkylation sites (tertiary alicyclic amines) is 1. The smallest absolute Gasteiger partial charge is 0.237 e. The summed E-state index contributed by atoms with van der Waals surface area (Å²) < 4.78 is 0. The second-order valence-corrected chi connectivity index (χ2v) is 4.41. The number of hydrogen-bond acceptors (Lipinski definition) is 3. The Morgan fingerprint density at radius 1 is 1.69 bits per heavy atom. The van der Waals surface area contributed by atoms with Crippen LogP contribution in [-0.4, -0.2) is 49.0 Å². The van der Waals surface area contributed by atoms with Crippen molar-refractivity contribution < 1.29 is 4.79 Å². The molecule has 1 saturated heterocycles. The van der Waals surface area contributed by atoms with Gasteiger partial charge in [-0.25, -0.2) is 0 Å². The quantitative estimate of drug-likeness (QED) is 0.676. The van der Waals surface area contributed by atoms with E-state index in [0.29, 0.717) is 0 Å². The topological polar surface area (TPSA) is 32.3 Å². The Bertz CT molecular complexity index is 175. The number of likely N-dealkylation sites (N-methyl/N-ethyl adjacent to an activating group) is 1. The van der Waals surface area contributed by atoms with E-state index in [2.05, 4.69) is 10.2 Å². The standard InChI is InChI=1S/C9H18N2OS/c1-11-6-3-4-8(11)9(12)10-5-7-13-2/h8H,3-7H2,1-2H3,(H,10,12)/t8-/m0/s1. The highest BCUT2D eigenvalue weighted by molar-refractivity contribution is 7.98. The molecule has 1 rings (SSSR count). The summed E-state index contributed by atoms with van der Waals surface area (Å²) in [5, 5.41) is 2.95. The SMILES string of the molecule is CSCCNC(=O)[C@@H]1CCCN1C. The van der Waals surface area contributed by atoms with E-state index in [0.717, 1.165) is 31.7 Å². The number of carbonyl (C=O) groups excluding carboxylic acids is 1. The normalized spacial score (nSPS) is 23.4. The summed E-state index contributed by atoms with van der Waals surface area (Å²) in [6.07, 6.45) is 4.21. The Kier molecular flexibility index (Phi) is 4.59. The molecule has 0 unspecified atom stereocenters. The molecule has 0 bridgehead atoms. The molecule has 13 heavy (non-hydrogen) atoms. The average molecular weight is 202 g/mol. The van der Waals surface area contributed by atoms with Gasteiger partial charge in [0.15, 0.2) is 0 Å². The first-order chi connectivity index (χ1) is 6.25. The first kappa shape index (κ1) is 10.9. The summed E-state index contributed by atoms with van der Waals surface area (Å²) in [5.41, 5.74) is 0. The number of rotatable bonds is 4. The number of hydrogen-bond donors (Lipinski definition) is 1. The molecule has 0 spiro atoms.